The van der Waals surface area contributed by atoms with Crippen molar-refractivity contribution in [3.8, 4) is 12.3 Å². The molecular weight excluding hydrogens is 208 g/mol. The van der Waals surface area contributed by atoms with E-state index in [0.717, 1.165) is 0 Å². The highest BCUT2D eigenvalue weighted by Gasteiger charge is 2.26. The van der Waals surface area contributed by atoms with Crippen LogP contribution in [0.3, 0.4) is 0 Å². The Morgan fingerprint density at radius 3 is 2.75 bits per heavy atom. The summed E-state index contributed by atoms with van der Waals surface area (Å²) in [6.45, 7) is 0. The molecule has 86 valence electrons. The fourth-order valence-electron chi connectivity index (χ4n) is 1.52. The molecule has 3 unspecified atom stereocenters. The molecular formula is C11H14N2O3. The molecule has 1 rings (SSSR count). The average Bonchev–Trinajstić information content (AvgIpc) is 2.64. The van der Waals surface area contributed by atoms with E-state index in [1.165, 1.54) is 0 Å². The maximum Gasteiger partial charge on any atom is 0.327 e. The van der Waals surface area contributed by atoms with Crippen molar-refractivity contribution in [2.24, 2.45) is 11.7 Å². The van der Waals surface area contributed by atoms with Crippen molar-refractivity contribution < 1.29 is 14.7 Å². The Bertz CT molecular complexity index is 357. The Balaban J connectivity index is 2.53. The van der Waals surface area contributed by atoms with Gasteiger partial charge in [0.05, 0.1) is 5.92 Å². The molecule has 0 radical (unpaired) electrons. The molecule has 1 aliphatic carbocycles. The highest BCUT2D eigenvalue weighted by atomic mass is 16.4. The fourth-order valence-corrected chi connectivity index (χ4v) is 1.52. The SMILES string of the molecule is C#CCC(NC(=O)C1C=CC(N)C1)C(=O)O. The number of terminal acetylenes is 1. The van der Waals surface area contributed by atoms with Crippen LogP contribution in [0, 0.1) is 18.3 Å². The van der Waals surface area contributed by atoms with Crippen molar-refractivity contribution in [1.82, 2.24) is 5.32 Å². The molecule has 0 spiro atoms. The lowest BCUT2D eigenvalue weighted by molar-refractivity contribution is -0.142. The molecule has 0 bridgehead atoms. The number of nitrogens with one attached hydrogen (secondary N) is 1. The first kappa shape index (κ1) is 12.3. The summed E-state index contributed by atoms with van der Waals surface area (Å²) in [6.07, 6.45) is 8.93. The van der Waals surface area contributed by atoms with Crippen molar-refractivity contribution in [2.75, 3.05) is 0 Å². The standard InChI is InChI=1S/C11H14N2O3/c1-2-3-9(11(15)16)13-10(14)7-4-5-8(12)6-7/h1,4-5,7-9H,3,6,12H2,(H,13,14)(H,15,16). The average molecular weight is 222 g/mol. The van der Waals surface area contributed by atoms with Crippen LogP contribution in [0.4, 0.5) is 0 Å². The smallest absolute Gasteiger partial charge is 0.327 e. The Morgan fingerprint density at radius 2 is 2.31 bits per heavy atom. The number of carboxylic acid groups (broad SMARTS) is 1. The topological polar surface area (TPSA) is 92.4 Å². The van der Waals surface area contributed by atoms with Crippen LogP contribution in [0.2, 0.25) is 0 Å². The van der Waals surface area contributed by atoms with Gasteiger partial charge in [-0.2, -0.15) is 0 Å². The van der Waals surface area contributed by atoms with Crippen LogP contribution in [0.25, 0.3) is 0 Å². The van der Waals surface area contributed by atoms with Crippen molar-refractivity contribution in [3.63, 3.8) is 0 Å². The summed E-state index contributed by atoms with van der Waals surface area (Å²) in [5.74, 6) is 0.395. The van der Waals surface area contributed by atoms with Crippen LogP contribution in [-0.2, 0) is 9.59 Å². The predicted octanol–water partition coefficient (Wildman–Crippen LogP) is -0.517. The number of carbonyl (C=O) groups is 2. The van der Waals surface area contributed by atoms with Crippen LogP contribution in [-0.4, -0.2) is 29.1 Å². The summed E-state index contributed by atoms with van der Waals surface area (Å²) in [4.78, 5) is 22.4. The van der Waals surface area contributed by atoms with E-state index < -0.39 is 12.0 Å². The largest absolute Gasteiger partial charge is 0.480 e. The minimum atomic E-state index is -1.13. The lowest BCUT2D eigenvalue weighted by Crippen LogP contribution is -2.43. The summed E-state index contributed by atoms with van der Waals surface area (Å²) in [5, 5.41) is 11.2. The van der Waals surface area contributed by atoms with E-state index in [1.807, 2.05) is 0 Å². The van der Waals surface area contributed by atoms with Gasteiger partial charge >= 0.3 is 5.97 Å². The Kier molecular flexibility index (Phi) is 4.09. The molecule has 0 aromatic heterocycles. The zero-order valence-corrected chi connectivity index (χ0v) is 8.72. The number of rotatable bonds is 4. The second kappa shape index (κ2) is 5.33. The number of nitrogens with two attached hydrogens (primary N) is 1. The van der Waals surface area contributed by atoms with Gasteiger partial charge in [-0.3, -0.25) is 4.79 Å². The normalized spacial score (nSPS) is 24.8. The number of hydrogen-bond donors (Lipinski definition) is 3. The van der Waals surface area contributed by atoms with Gasteiger partial charge in [-0.1, -0.05) is 12.2 Å². The first-order chi connectivity index (χ1) is 7.54. The maximum absolute atomic E-state index is 11.6. The molecule has 0 aromatic rings. The molecule has 0 aromatic carbocycles. The summed E-state index contributed by atoms with van der Waals surface area (Å²) < 4.78 is 0. The van der Waals surface area contributed by atoms with Crippen molar-refractivity contribution >= 4 is 11.9 Å². The highest BCUT2D eigenvalue weighted by molar-refractivity contribution is 5.86. The molecule has 0 saturated carbocycles. The number of aliphatic carboxylic acids is 1. The third-order valence-electron chi connectivity index (χ3n) is 2.39. The lowest BCUT2D eigenvalue weighted by atomic mass is 10.1. The molecule has 4 N–H and O–H groups in total. The molecule has 3 atom stereocenters. The minimum absolute atomic E-state index is 0.0242. The molecule has 5 heteroatoms. The molecule has 1 aliphatic rings. The number of carbonyl (C=O) groups excluding carboxylic acids is 1. The van der Waals surface area contributed by atoms with Crippen LogP contribution in [0.5, 0.6) is 0 Å². The summed E-state index contributed by atoms with van der Waals surface area (Å²) in [6, 6.07) is -1.16. The van der Waals surface area contributed by atoms with Crippen molar-refractivity contribution in [1.29, 1.82) is 0 Å². The Hall–Kier alpha value is -1.80. The molecule has 0 heterocycles. The third kappa shape index (κ3) is 3.11. The Morgan fingerprint density at radius 1 is 1.62 bits per heavy atom. The quantitative estimate of drug-likeness (QED) is 0.441. The minimum Gasteiger partial charge on any atom is -0.480 e. The maximum atomic E-state index is 11.6. The van der Waals surface area contributed by atoms with Gasteiger partial charge in [0.2, 0.25) is 5.91 Å². The van der Waals surface area contributed by atoms with E-state index in [0.29, 0.717) is 6.42 Å². The van der Waals surface area contributed by atoms with E-state index in [9.17, 15) is 9.59 Å². The van der Waals surface area contributed by atoms with Gasteiger partial charge in [0, 0.05) is 12.5 Å². The number of amides is 1. The van der Waals surface area contributed by atoms with Gasteiger partial charge in [-0.05, 0) is 6.42 Å². The van der Waals surface area contributed by atoms with E-state index in [-0.39, 0.29) is 24.3 Å². The summed E-state index contributed by atoms with van der Waals surface area (Å²) in [7, 11) is 0. The molecule has 1 amide bonds. The van der Waals surface area contributed by atoms with E-state index in [1.54, 1.807) is 12.2 Å². The van der Waals surface area contributed by atoms with Gasteiger partial charge in [0.25, 0.3) is 0 Å². The monoisotopic (exact) mass is 222 g/mol. The van der Waals surface area contributed by atoms with Gasteiger partial charge in [-0.25, -0.2) is 4.79 Å². The number of carboxylic acids is 1. The van der Waals surface area contributed by atoms with E-state index in [4.69, 9.17) is 17.3 Å². The van der Waals surface area contributed by atoms with Gasteiger partial charge in [0.15, 0.2) is 0 Å². The summed E-state index contributed by atoms with van der Waals surface area (Å²) in [5.41, 5.74) is 5.60. The fraction of sp³-hybridized carbons (Fsp3) is 0.455. The van der Waals surface area contributed by atoms with Gasteiger partial charge in [-0.15, -0.1) is 12.3 Å². The second-order valence-electron chi connectivity index (χ2n) is 3.70. The summed E-state index contributed by atoms with van der Waals surface area (Å²) >= 11 is 0. The lowest BCUT2D eigenvalue weighted by Gasteiger charge is -2.15. The highest BCUT2D eigenvalue weighted by Crippen LogP contribution is 2.16. The zero-order valence-electron chi connectivity index (χ0n) is 8.72. The van der Waals surface area contributed by atoms with Crippen LogP contribution >= 0.6 is 0 Å². The first-order valence-corrected chi connectivity index (χ1v) is 4.95. The third-order valence-corrected chi connectivity index (χ3v) is 2.39. The molecule has 16 heavy (non-hydrogen) atoms. The van der Waals surface area contributed by atoms with Gasteiger partial charge in [0.1, 0.15) is 6.04 Å². The van der Waals surface area contributed by atoms with Crippen molar-refractivity contribution in [3.05, 3.63) is 12.2 Å². The Labute approximate surface area is 93.7 Å². The molecule has 0 aliphatic heterocycles. The molecule has 0 fully saturated rings. The zero-order chi connectivity index (χ0) is 12.1. The molecule has 0 saturated heterocycles. The predicted molar refractivity (Wildman–Crippen MR) is 58.2 cm³/mol. The number of hydrogen-bond acceptors (Lipinski definition) is 3. The van der Waals surface area contributed by atoms with Crippen LogP contribution in [0.15, 0.2) is 12.2 Å². The van der Waals surface area contributed by atoms with E-state index in [2.05, 4.69) is 11.2 Å². The van der Waals surface area contributed by atoms with Gasteiger partial charge < -0.3 is 16.2 Å². The first-order valence-electron chi connectivity index (χ1n) is 4.95. The van der Waals surface area contributed by atoms with Crippen molar-refractivity contribution in [2.45, 2.75) is 24.9 Å². The van der Waals surface area contributed by atoms with Crippen LogP contribution < -0.4 is 11.1 Å². The molecule has 5 nitrogen and oxygen atoms in total. The van der Waals surface area contributed by atoms with Crippen LogP contribution in [0.1, 0.15) is 12.8 Å². The second-order valence-corrected chi connectivity index (χ2v) is 3.70. The van der Waals surface area contributed by atoms with E-state index >= 15 is 0 Å².